The zero-order chi connectivity index (χ0) is 16.2. The number of hydrogen-bond donors (Lipinski definition) is 0. The first kappa shape index (κ1) is 16.1. The smallest absolute Gasteiger partial charge is 0.0181 e. The van der Waals surface area contributed by atoms with Gasteiger partial charge in [-0.05, 0) is 60.3 Å². The summed E-state index contributed by atoms with van der Waals surface area (Å²) in [6.07, 6.45) is 6.86. The Morgan fingerprint density at radius 3 is 2.30 bits per heavy atom. The summed E-state index contributed by atoms with van der Waals surface area (Å²) in [5.41, 5.74) is 6.33. The summed E-state index contributed by atoms with van der Waals surface area (Å²) in [7, 11) is 0. The highest BCUT2D eigenvalue weighted by atomic mass is 14.2. The first-order valence-corrected chi connectivity index (χ1v) is 8.97. The van der Waals surface area contributed by atoms with Crippen molar-refractivity contribution in [3.63, 3.8) is 0 Å². The van der Waals surface area contributed by atoms with E-state index in [2.05, 4.69) is 69.0 Å². The predicted octanol–water partition coefficient (Wildman–Crippen LogP) is 6.43. The molecule has 0 bridgehead atoms. The van der Waals surface area contributed by atoms with E-state index < -0.39 is 0 Å². The van der Waals surface area contributed by atoms with Gasteiger partial charge in [0.25, 0.3) is 0 Å². The standard InChI is InChI=1S/C23H28/c1-17-7-9-20(10-8-17)16-21-11-13-22(14-12-21)19(3)23-6-4-5-18(2)15-23/h4-6,11-15,17,20H,3,7-10,16H2,1-2H3. The Hall–Kier alpha value is -1.82. The van der Waals surface area contributed by atoms with Crippen LogP contribution in [-0.4, -0.2) is 0 Å². The summed E-state index contributed by atoms with van der Waals surface area (Å²) in [5, 5.41) is 0. The maximum Gasteiger partial charge on any atom is -0.0181 e. The van der Waals surface area contributed by atoms with E-state index >= 15 is 0 Å². The lowest BCUT2D eigenvalue weighted by Gasteiger charge is -2.26. The summed E-state index contributed by atoms with van der Waals surface area (Å²) >= 11 is 0. The summed E-state index contributed by atoms with van der Waals surface area (Å²) < 4.78 is 0. The Morgan fingerprint density at radius 2 is 1.65 bits per heavy atom. The molecule has 0 heteroatoms. The fourth-order valence-electron chi connectivity index (χ4n) is 3.71. The Morgan fingerprint density at radius 1 is 0.957 bits per heavy atom. The van der Waals surface area contributed by atoms with Crippen LogP contribution in [0, 0.1) is 18.8 Å². The van der Waals surface area contributed by atoms with Crippen molar-refractivity contribution >= 4 is 5.57 Å². The first-order chi connectivity index (χ1) is 11.1. The summed E-state index contributed by atoms with van der Waals surface area (Å²) in [6, 6.07) is 17.7. The predicted molar refractivity (Wildman–Crippen MR) is 101 cm³/mol. The molecule has 120 valence electrons. The van der Waals surface area contributed by atoms with E-state index in [0.29, 0.717) is 0 Å². The van der Waals surface area contributed by atoms with Crippen LogP contribution in [0.1, 0.15) is 54.9 Å². The molecule has 23 heavy (non-hydrogen) atoms. The third-order valence-corrected chi connectivity index (χ3v) is 5.33. The van der Waals surface area contributed by atoms with Gasteiger partial charge in [-0.15, -0.1) is 0 Å². The largest absolute Gasteiger partial charge is 0.0906 e. The maximum absolute atomic E-state index is 4.29. The molecule has 0 radical (unpaired) electrons. The van der Waals surface area contributed by atoms with Crippen molar-refractivity contribution < 1.29 is 0 Å². The molecule has 0 unspecified atom stereocenters. The van der Waals surface area contributed by atoms with Crippen LogP contribution in [0.2, 0.25) is 0 Å². The highest BCUT2D eigenvalue weighted by molar-refractivity contribution is 5.78. The lowest BCUT2D eigenvalue weighted by molar-refractivity contribution is 0.289. The van der Waals surface area contributed by atoms with E-state index in [0.717, 1.165) is 17.4 Å². The second kappa shape index (κ2) is 7.17. The summed E-state index contributed by atoms with van der Waals surface area (Å²) in [5.74, 6) is 1.82. The van der Waals surface area contributed by atoms with Crippen LogP contribution in [0.5, 0.6) is 0 Å². The van der Waals surface area contributed by atoms with Gasteiger partial charge in [0.2, 0.25) is 0 Å². The van der Waals surface area contributed by atoms with Crippen LogP contribution in [0.15, 0.2) is 55.1 Å². The molecule has 1 saturated carbocycles. The lowest BCUT2D eigenvalue weighted by atomic mass is 9.80. The van der Waals surface area contributed by atoms with E-state index in [4.69, 9.17) is 0 Å². The van der Waals surface area contributed by atoms with Crippen molar-refractivity contribution in [1.29, 1.82) is 0 Å². The average molecular weight is 304 g/mol. The van der Waals surface area contributed by atoms with E-state index in [9.17, 15) is 0 Å². The SMILES string of the molecule is C=C(c1ccc(CC2CCC(C)CC2)cc1)c1cccc(C)c1. The minimum absolute atomic E-state index is 0.886. The van der Waals surface area contributed by atoms with Gasteiger partial charge >= 0.3 is 0 Å². The summed E-state index contributed by atoms with van der Waals surface area (Å²) in [4.78, 5) is 0. The van der Waals surface area contributed by atoms with Crippen LogP contribution in [0.25, 0.3) is 5.57 Å². The molecule has 2 aromatic carbocycles. The molecule has 0 saturated heterocycles. The molecule has 3 rings (SSSR count). The lowest BCUT2D eigenvalue weighted by Crippen LogP contribution is -2.14. The van der Waals surface area contributed by atoms with Gasteiger partial charge in [0, 0.05) is 0 Å². The van der Waals surface area contributed by atoms with Crippen LogP contribution in [0.4, 0.5) is 0 Å². The van der Waals surface area contributed by atoms with Crippen LogP contribution in [0.3, 0.4) is 0 Å². The molecule has 0 heterocycles. The van der Waals surface area contributed by atoms with Crippen LogP contribution < -0.4 is 0 Å². The fraction of sp³-hybridized carbons (Fsp3) is 0.391. The Balaban J connectivity index is 1.66. The molecule has 1 aliphatic rings. The minimum atomic E-state index is 0.886. The first-order valence-electron chi connectivity index (χ1n) is 8.97. The van der Waals surface area contributed by atoms with Gasteiger partial charge in [0.15, 0.2) is 0 Å². The number of benzene rings is 2. The van der Waals surface area contributed by atoms with Crippen molar-refractivity contribution in [3.05, 3.63) is 77.4 Å². The van der Waals surface area contributed by atoms with Crippen molar-refractivity contribution in [2.75, 3.05) is 0 Å². The monoisotopic (exact) mass is 304 g/mol. The fourth-order valence-corrected chi connectivity index (χ4v) is 3.71. The number of rotatable bonds is 4. The van der Waals surface area contributed by atoms with Crippen molar-refractivity contribution in [3.8, 4) is 0 Å². The van der Waals surface area contributed by atoms with Gasteiger partial charge in [-0.2, -0.15) is 0 Å². The number of aryl methyl sites for hydroxylation is 1. The van der Waals surface area contributed by atoms with E-state index in [-0.39, 0.29) is 0 Å². The molecule has 2 aromatic rings. The molecule has 0 nitrogen and oxygen atoms in total. The highest BCUT2D eigenvalue weighted by Gasteiger charge is 2.18. The average Bonchev–Trinajstić information content (AvgIpc) is 2.57. The normalized spacial score (nSPS) is 21.1. The van der Waals surface area contributed by atoms with E-state index in [1.807, 2.05) is 0 Å². The van der Waals surface area contributed by atoms with Crippen LogP contribution >= 0.6 is 0 Å². The maximum atomic E-state index is 4.29. The second-order valence-electron chi connectivity index (χ2n) is 7.37. The van der Waals surface area contributed by atoms with Crippen molar-refractivity contribution in [2.45, 2.75) is 46.0 Å². The van der Waals surface area contributed by atoms with Gasteiger partial charge < -0.3 is 0 Å². The third-order valence-electron chi connectivity index (χ3n) is 5.33. The molecule has 0 aliphatic heterocycles. The number of hydrogen-bond acceptors (Lipinski definition) is 0. The summed E-state index contributed by atoms with van der Waals surface area (Å²) in [6.45, 7) is 8.81. The Labute approximate surface area is 141 Å². The van der Waals surface area contributed by atoms with E-state index in [1.54, 1.807) is 0 Å². The topological polar surface area (TPSA) is 0 Å². The molecule has 0 aromatic heterocycles. The molecule has 1 fully saturated rings. The van der Waals surface area contributed by atoms with Gasteiger partial charge in [-0.1, -0.05) is 80.4 Å². The van der Waals surface area contributed by atoms with Gasteiger partial charge in [0.05, 0.1) is 0 Å². The van der Waals surface area contributed by atoms with Gasteiger partial charge in [-0.3, -0.25) is 0 Å². The molecule has 0 N–H and O–H groups in total. The zero-order valence-electron chi connectivity index (χ0n) is 14.5. The van der Waals surface area contributed by atoms with E-state index in [1.165, 1.54) is 54.4 Å². The Kier molecular flexibility index (Phi) is 5.00. The molecule has 1 aliphatic carbocycles. The van der Waals surface area contributed by atoms with Crippen molar-refractivity contribution in [2.24, 2.45) is 11.8 Å². The second-order valence-corrected chi connectivity index (χ2v) is 7.37. The molecular weight excluding hydrogens is 276 g/mol. The van der Waals surface area contributed by atoms with Gasteiger partial charge in [0.1, 0.15) is 0 Å². The molecule has 0 amide bonds. The molecule has 0 atom stereocenters. The molecule has 0 spiro atoms. The Bertz CT molecular complexity index is 655. The minimum Gasteiger partial charge on any atom is -0.0906 e. The van der Waals surface area contributed by atoms with Gasteiger partial charge in [-0.25, -0.2) is 0 Å². The zero-order valence-corrected chi connectivity index (χ0v) is 14.5. The molecular formula is C23H28. The van der Waals surface area contributed by atoms with Crippen molar-refractivity contribution in [1.82, 2.24) is 0 Å². The third kappa shape index (κ3) is 4.13. The highest BCUT2D eigenvalue weighted by Crippen LogP contribution is 2.31. The van der Waals surface area contributed by atoms with Crippen LogP contribution in [-0.2, 0) is 6.42 Å². The quantitative estimate of drug-likeness (QED) is 0.611.